The van der Waals surface area contributed by atoms with Crippen LogP contribution in [0.4, 0.5) is 17.1 Å². The molecule has 0 aliphatic rings. The summed E-state index contributed by atoms with van der Waals surface area (Å²) >= 11 is 0. The van der Waals surface area contributed by atoms with Gasteiger partial charge in [0, 0.05) is 45.0 Å². The van der Waals surface area contributed by atoms with Gasteiger partial charge in [0.05, 0.1) is 27.7 Å². The number of nitriles is 1. The van der Waals surface area contributed by atoms with Crippen LogP contribution in [0.1, 0.15) is 11.1 Å². The molecule has 0 aliphatic carbocycles. The Morgan fingerprint density at radius 3 is 2.07 bits per heavy atom. The maximum atomic E-state index is 10.2. The van der Waals surface area contributed by atoms with E-state index in [-0.39, 0.29) is 0 Å². The predicted molar refractivity (Wildman–Crippen MR) is 175 cm³/mol. The van der Waals surface area contributed by atoms with Crippen LogP contribution in [0.5, 0.6) is 0 Å². The quantitative estimate of drug-likeness (QED) is 0.216. The number of rotatable bonds is 5. The van der Waals surface area contributed by atoms with E-state index < -0.39 is 0 Å². The van der Waals surface area contributed by atoms with Crippen LogP contribution < -0.4 is 4.90 Å². The molecule has 5 nitrogen and oxygen atoms in total. The van der Waals surface area contributed by atoms with Gasteiger partial charge in [0.1, 0.15) is 17.2 Å². The van der Waals surface area contributed by atoms with Crippen molar-refractivity contribution in [3.05, 3.63) is 145 Å². The number of fused-ring (bicyclic) bond motifs is 7. The molecule has 202 valence electrons. The lowest BCUT2D eigenvalue weighted by Crippen LogP contribution is -2.09. The molecule has 8 aromatic rings. The Kier molecular flexibility index (Phi) is 5.60. The summed E-state index contributed by atoms with van der Waals surface area (Å²) in [7, 11) is 0. The van der Waals surface area contributed by atoms with Crippen LogP contribution in [-0.2, 0) is 0 Å². The molecule has 1 N–H and O–H groups in total. The molecule has 0 saturated carbocycles. The molecule has 0 bridgehead atoms. The lowest BCUT2D eigenvalue weighted by molar-refractivity contribution is 0.673. The zero-order valence-electron chi connectivity index (χ0n) is 23.0. The van der Waals surface area contributed by atoms with Crippen molar-refractivity contribution in [2.24, 2.45) is 0 Å². The highest BCUT2D eigenvalue weighted by Gasteiger charge is 2.23. The first kappa shape index (κ1) is 24.7. The fourth-order valence-corrected chi connectivity index (χ4v) is 6.27. The molecule has 5 heteroatoms. The molecule has 2 aromatic heterocycles. The van der Waals surface area contributed by atoms with Crippen LogP contribution in [-0.4, -0.2) is 10.8 Å². The highest BCUT2D eigenvalue weighted by Crippen LogP contribution is 2.44. The maximum Gasteiger partial charge on any atom is 0.145 e. The van der Waals surface area contributed by atoms with E-state index in [9.17, 15) is 5.26 Å². The number of benzene rings is 6. The van der Waals surface area contributed by atoms with Crippen molar-refractivity contribution in [1.29, 1.82) is 10.7 Å². The van der Waals surface area contributed by atoms with Crippen LogP contribution in [0.15, 0.2) is 138 Å². The predicted octanol–water partition coefficient (Wildman–Crippen LogP) is 10.0. The number of hydrogen-bond acceptors (Lipinski definition) is 4. The molecule has 0 aliphatic heterocycles. The second-order valence-corrected chi connectivity index (χ2v) is 10.5. The van der Waals surface area contributed by atoms with Gasteiger partial charge in [-0.25, -0.2) is 0 Å². The number of nitrogens with zero attached hydrogens (tertiary/aromatic N) is 3. The van der Waals surface area contributed by atoms with Crippen molar-refractivity contribution in [1.82, 2.24) is 4.57 Å². The van der Waals surface area contributed by atoms with Gasteiger partial charge in [-0.3, -0.25) is 0 Å². The summed E-state index contributed by atoms with van der Waals surface area (Å²) in [6.45, 7) is 0. The van der Waals surface area contributed by atoms with Crippen molar-refractivity contribution in [2.45, 2.75) is 0 Å². The third kappa shape index (κ3) is 3.74. The highest BCUT2D eigenvalue weighted by molar-refractivity contribution is 6.24. The zero-order valence-corrected chi connectivity index (χ0v) is 23.0. The normalized spacial score (nSPS) is 11.3. The van der Waals surface area contributed by atoms with E-state index in [1.165, 1.54) is 6.21 Å². The van der Waals surface area contributed by atoms with E-state index in [1.54, 1.807) is 6.07 Å². The molecule has 0 amide bonds. The van der Waals surface area contributed by atoms with Gasteiger partial charge in [-0.05, 0) is 66.7 Å². The van der Waals surface area contributed by atoms with Gasteiger partial charge in [0.25, 0.3) is 0 Å². The molecule has 6 aromatic carbocycles. The Bertz CT molecular complexity index is 2340. The first-order chi connectivity index (χ1) is 21.3. The standard InChI is InChI=1S/C38H24N4O/c39-23-25-10-9-11-26(24-40)37(25)42-33-20-18-29(41(27-12-3-1-4-13-27)28-14-5-2-6-15-28)22-32(33)36-34(42)21-19-31-30-16-7-8-17-35(30)43-38(31)36/h1-23,39H. The second-order valence-electron chi connectivity index (χ2n) is 10.5. The Morgan fingerprint density at radius 2 is 1.35 bits per heavy atom. The lowest BCUT2D eigenvalue weighted by atomic mass is 10.1. The smallest absolute Gasteiger partial charge is 0.145 e. The number of anilines is 3. The molecular formula is C38H24N4O. The molecule has 0 atom stereocenters. The Hall–Kier alpha value is -6.12. The monoisotopic (exact) mass is 552 g/mol. The summed E-state index contributed by atoms with van der Waals surface area (Å²) in [4.78, 5) is 2.24. The Labute approximate surface area is 247 Å². The number of hydrogen-bond donors (Lipinski definition) is 1. The zero-order chi connectivity index (χ0) is 28.9. The summed E-state index contributed by atoms with van der Waals surface area (Å²) in [6.07, 6.45) is 1.31. The van der Waals surface area contributed by atoms with Crippen molar-refractivity contribution < 1.29 is 4.42 Å². The van der Waals surface area contributed by atoms with Gasteiger partial charge in [0.15, 0.2) is 0 Å². The molecule has 0 unspecified atom stereocenters. The van der Waals surface area contributed by atoms with Crippen molar-refractivity contribution in [2.75, 3.05) is 4.90 Å². The van der Waals surface area contributed by atoms with E-state index >= 15 is 0 Å². The Balaban J connectivity index is 1.52. The van der Waals surface area contributed by atoms with Crippen LogP contribution in [0, 0.1) is 16.7 Å². The van der Waals surface area contributed by atoms with Gasteiger partial charge in [-0.2, -0.15) is 5.26 Å². The number of nitrogens with one attached hydrogen (secondary N) is 1. The van der Waals surface area contributed by atoms with E-state index in [0.717, 1.165) is 60.8 Å². The van der Waals surface area contributed by atoms with E-state index in [1.807, 2.05) is 66.7 Å². The Morgan fingerprint density at radius 1 is 0.651 bits per heavy atom. The van der Waals surface area contributed by atoms with Crippen molar-refractivity contribution >= 4 is 67.0 Å². The average molecular weight is 553 g/mol. The van der Waals surface area contributed by atoms with Gasteiger partial charge >= 0.3 is 0 Å². The summed E-state index contributed by atoms with van der Waals surface area (Å²) < 4.78 is 8.68. The van der Waals surface area contributed by atoms with E-state index in [0.29, 0.717) is 16.8 Å². The molecular weight excluding hydrogens is 528 g/mol. The molecule has 43 heavy (non-hydrogen) atoms. The molecule has 0 spiro atoms. The molecule has 2 heterocycles. The van der Waals surface area contributed by atoms with E-state index in [4.69, 9.17) is 9.83 Å². The number of furan rings is 1. The summed E-state index contributed by atoms with van der Waals surface area (Å²) in [5.74, 6) is 0. The fourth-order valence-electron chi connectivity index (χ4n) is 6.27. The average Bonchev–Trinajstić information content (AvgIpc) is 3.61. The SMILES string of the molecule is N#Cc1cccc(C=N)c1-n1c2ccc(N(c3ccccc3)c3ccccc3)cc2c2c3oc4ccccc4c3ccc21. The van der Waals surface area contributed by atoms with Crippen LogP contribution in [0.25, 0.3) is 49.4 Å². The van der Waals surface area contributed by atoms with Crippen LogP contribution in [0.2, 0.25) is 0 Å². The molecule has 0 saturated heterocycles. The minimum atomic E-state index is 0.503. The summed E-state index contributed by atoms with van der Waals surface area (Å²) in [5.41, 5.74) is 8.42. The molecule has 0 fully saturated rings. The minimum Gasteiger partial charge on any atom is -0.455 e. The van der Waals surface area contributed by atoms with Crippen molar-refractivity contribution in [3.8, 4) is 11.8 Å². The number of para-hydroxylation sites is 4. The molecule has 8 rings (SSSR count). The van der Waals surface area contributed by atoms with Crippen molar-refractivity contribution in [3.63, 3.8) is 0 Å². The van der Waals surface area contributed by atoms with Crippen LogP contribution >= 0.6 is 0 Å². The minimum absolute atomic E-state index is 0.503. The van der Waals surface area contributed by atoms with Gasteiger partial charge in [0.2, 0.25) is 0 Å². The third-order valence-electron chi connectivity index (χ3n) is 8.11. The fraction of sp³-hybridized carbons (Fsp3) is 0. The molecule has 0 radical (unpaired) electrons. The lowest BCUT2D eigenvalue weighted by Gasteiger charge is -2.25. The van der Waals surface area contributed by atoms with Gasteiger partial charge in [-0.15, -0.1) is 0 Å². The first-order valence-electron chi connectivity index (χ1n) is 14.1. The first-order valence-corrected chi connectivity index (χ1v) is 14.1. The maximum absolute atomic E-state index is 10.2. The van der Waals surface area contributed by atoms with Gasteiger partial charge in [-0.1, -0.05) is 66.7 Å². The number of aromatic nitrogens is 1. The third-order valence-corrected chi connectivity index (χ3v) is 8.11. The van der Waals surface area contributed by atoms with E-state index in [2.05, 4.69) is 76.2 Å². The summed E-state index contributed by atoms with van der Waals surface area (Å²) in [5, 5.41) is 22.4. The van der Waals surface area contributed by atoms with Gasteiger partial charge < -0.3 is 19.3 Å². The summed E-state index contributed by atoms with van der Waals surface area (Å²) in [6, 6.07) is 47.3. The topological polar surface area (TPSA) is 69.0 Å². The second kappa shape index (κ2) is 9.76. The largest absolute Gasteiger partial charge is 0.455 e. The van der Waals surface area contributed by atoms with Crippen LogP contribution in [0.3, 0.4) is 0 Å². The highest BCUT2D eigenvalue weighted by atomic mass is 16.3.